The van der Waals surface area contributed by atoms with Crippen LogP contribution in [-0.2, 0) is 11.3 Å². The summed E-state index contributed by atoms with van der Waals surface area (Å²) < 4.78 is 18.9. The maximum Gasteiger partial charge on any atom is 0.262 e. The molecule has 196 valence electrons. The Morgan fingerprint density at radius 3 is 2.42 bits per heavy atom. The Hall–Kier alpha value is -4.17. The Morgan fingerprint density at radius 1 is 1.00 bits per heavy atom. The van der Waals surface area contributed by atoms with Gasteiger partial charge in [0.05, 0.1) is 31.5 Å². The summed E-state index contributed by atoms with van der Waals surface area (Å²) in [7, 11) is 1.56. The Bertz CT molecular complexity index is 1650. The molecule has 1 N–H and O–H groups in total. The van der Waals surface area contributed by atoms with Crippen LogP contribution in [0.4, 0.5) is 0 Å². The number of rotatable bonds is 9. The molecule has 0 radical (unpaired) electrons. The molecule has 5 rings (SSSR count). The minimum absolute atomic E-state index is 0.263. The number of methoxy groups -OCH3 is 1. The van der Waals surface area contributed by atoms with Crippen molar-refractivity contribution >= 4 is 21.8 Å². The van der Waals surface area contributed by atoms with Gasteiger partial charge in [0.15, 0.2) is 0 Å². The van der Waals surface area contributed by atoms with E-state index in [2.05, 4.69) is 17.1 Å². The van der Waals surface area contributed by atoms with Gasteiger partial charge in [-0.05, 0) is 62.6 Å². The number of H-pyrrole nitrogens is 1. The first-order chi connectivity index (χ1) is 18.4. The number of nitrogens with one attached hydrogen (secondary N) is 1. The highest BCUT2D eigenvalue weighted by Gasteiger charge is 2.20. The Balaban J connectivity index is 1.67. The average Bonchev–Trinajstić information content (AvgIpc) is 3.22. The molecule has 0 amide bonds. The third kappa shape index (κ3) is 4.75. The normalized spacial score (nSPS) is 11.4. The Kier molecular flexibility index (Phi) is 7.15. The second-order valence-electron chi connectivity index (χ2n) is 9.33. The molecule has 5 aromatic rings. The predicted octanol–water partition coefficient (Wildman–Crippen LogP) is 5.34. The molecular weight excluding hydrogens is 480 g/mol. The van der Waals surface area contributed by atoms with Crippen LogP contribution in [-0.4, -0.2) is 46.7 Å². The summed E-state index contributed by atoms with van der Waals surface area (Å²) in [6.07, 6.45) is 0. The van der Waals surface area contributed by atoms with Gasteiger partial charge in [-0.3, -0.25) is 9.48 Å². The summed E-state index contributed by atoms with van der Waals surface area (Å²) in [5, 5.41) is 6.11. The van der Waals surface area contributed by atoms with Crippen molar-refractivity contribution in [1.29, 1.82) is 0 Å². The monoisotopic (exact) mass is 512 g/mol. The zero-order valence-corrected chi connectivity index (χ0v) is 22.4. The van der Waals surface area contributed by atoms with Crippen LogP contribution in [0.2, 0.25) is 0 Å². The van der Waals surface area contributed by atoms with E-state index in [0.29, 0.717) is 48.8 Å². The van der Waals surface area contributed by atoms with E-state index in [1.165, 1.54) is 0 Å². The van der Waals surface area contributed by atoms with Crippen molar-refractivity contribution in [3.63, 3.8) is 0 Å². The van der Waals surface area contributed by atoms with E-state index >= 15 is 0 Å². The number of nitrogens with zero attached hydrogens (tertiary/aromatic N) is 3. The molecule has 3 aromatic carbocycles. The van der Waals surface area contributed by atoms with Crippen molar-refractivity contribution < 1.29 is 14.2 Å². The van der Waals surface area contributed by atoms with Crippen molar-refractivity contribution in [2.75, 3.05) is 26.9 Å². The molecule has 0 fully saturated rings. The molecule has 0 saturated carbocycles. The van der Waals surface area contributed by atoms with Gasteiger partial charge in [-0.1, -0.05) is 30.3 Å². The molecule has 0 atom stereocenters. The van der Waals surface area contributed by atoms with Crippen LogP contribution in [0.3, 0.4) is 0 Å². The van der Waals surface area contributed by atoms with Gasteiger partial charge in [-0.2, -0.15) is 5.10 Å². The fourth-order valence-electron chi connectivity index (χ4n) is 4.92. The summed E-state index contributed by atoms with van der Waals surface area (Å²) >= 11 is 0. The van der Waals surface area contributed by atoms with Gasteiger partial charge >= 0.3 is 0 Å². The second-order valence-corrected chi connectivity index (χ2v) is 9.33. The number of benzene rings is 3. The first kappa shape index (κ1) is 25.5. The van der Waals surface area contributed by atoms with E-state index in [0.717, 1.165) is 44.6 Å². The lowest BCUT2D eigenvalue weighted by molar-refractivity contribution is 0.109. The molecule has 0 bridgehead atoms. The van der Waals surface area contributed by atoms with E-state index in [9.17, 15) is 4.79 Å². The third-order valence-electron chi connectivity index (χ3n) is 6.65. The maximum atomic E-state index is 13.5. The summed E-state index contributed by atoms with van der Waals surface area (Å²) in [6, 6.07) is 16.0. The van der Waals surface area contributed by atoms with Gasteiger partial charge in [-0.15, -0.1) is 0 Å². The lowest BCUT2D eigenvalue weighted by Crippen LogP contribution is -2.13. The van der Waals surface area contributed by atoms with Crippen LogP contribution in [0.15, 0.2) is 53.3 Å². The minimum atomic E-state index is -0.263. The number of fused-ring (bicyclic) bond motifs is 3. The van der Waals surface area contributed by atoms with Crippen LogP contribution in [0, 0.1) is 20.8 Å². The molecule has 2 aromatic heterocycles. The summed E-state index contributed by atoms with van der Waals surface area (Å²) in [4.78, 5) is 21.4. The zero-order chi connectivity index (χ0) is 26.8. The Labute approximate surface area is 221 Å². The molecular formula is C30H32N4O4. The van der Waals surface area contributed by atoms with Gasteiger partial charge < -0.3 is 19.2 Å². The van der Waals surface area contributed by atoms with Gasteiger partial charge in [0.25, 0.3) is 5.56 Å². The van der Waals surface area contributed by atoms with E-state index in [4.69, 9.17) is 24.3 Å². The average molecular weight is 513 g/mol. The summed E-state index contributed by atoms with van der Waals surface area (Å²) in [5.41, 5.74) is 5.78. The highest BCUT2D eigenvalue weighted by atomic mass is 16.5. The van der Waals surface area contributed by atoms with Crippen LogP contribution >= 0.6 is 0 Å². The topological polar surface area (TPSA) is 91.3 Å². The molecule has 8 heteroatoms. The molecule has 0 unspecified atom stereocenters. The lowest BCUT2D eigenvalue weighted by Gasteiger charge is -2.15. The largest absolute Gasteiger partial charge is 0.496 e. The quantitative estimate of drug-likeness (QED) is 0.268. The molecule has 0 aliphatic carbocycles. The van der Waals surface area contributed by atoms with Crippen molar-refractivity contribution in [2.24, 2.45) is 0 Å². The van der Waals surface area contributed by atoms with E-state index < -0.39 is 0 Å². The van der Waals surface area contributed by atoms with Crippen molar-refractivity contribution in [3.8, 4) is 22.9 Å². The number of aromatic amines is 1. The van der Waals surface area contributed by atoms with Crippen molar-refractivity contribution in [1.82, 2.24) is 19.7 Å². The van der Waals surface area contributed by atoms with Gasteiger partial charge in [0.2, 0.25) is 0 Å². The molecule has 2 heterocycles. The van der Waals surface area contributed by atoms with Gasteiger partial charge in [0, 0.05) is 17.6 Å². The van der Waals surface area contributed by atoms with Crippen molar-refractivity contribution in [2.45, 2.75) is 34.2 Å². The van der Waals surface area contributed by atoms with E-state index in [1.807, 2.05) is 68.8 Å². The number of ether oxygens (including phenoxy) is 3. The van der Waals surface area contributed by atoms with Crippen LogP contribution in [0.5, 0.6) is 11.5 Å². The third-order valence-corrected chi connectivity index (χ3v) is 6.65. The number of aryl methyl sites for hydroxylation is 3. The molecule has 0 saturated heterocycles. The second kappa shape index (κ2) is 10.7. The van der Waals surface area contributed by atoms with E-state index in [-0.39, 0.29) is 5.56 Å². The number of hydrogen-bond acceptors (Lipinski definition) is 6. The van der Waals surface area contributed by atoms with Gasteiger partial charge in [-0.25, -0.2) is 4.98 Å². The fraction of sp³-hybridized carbons (Fsp3) is 0.300. The Morgan fingerprint density at radius 2 is 1.74 bits per heavy atom. The van der Waals surface area contributed by atoms with E-state index in [1.54, 1.807) is 7.11 Å². The summed E-state index contributed by atoms with van der Waals surface area (Å²) in [5.74, 6) is 1.77. The van der Waals surface area contributed by atoms with Gasteiger partial charge in [0.1, 0.15) is 34.8 Å². The standard InChI is InChI=1S/C30H32N4O4/c1-6-37-12-13-38-28-18(2)14-22(15-19(28)3)29-31-26-25(30(35)32-29)24(36-5)16-23-20(4)33-34(27(23)26)17-21-10-8-7-9-11-21/h7-11,14-16H,6,12-13,17H2,1-5H3,(H,31,32,35). The highest BCUT2D eigenvalue weighted by molar-refractivity contribution is 6.07. The number of hydrogen-bond donors (Lipinski definition) is 1. The molecule has 38 heavy (non-hydrogen) atoms. The molecule has 0 aliphatic heterocycles. The van der Waals surface area contributed by atoms with Crippen LogP contribution < -0.4 is 15.0 Å². The SMILES string of the molecule is CCOCCOc1c(C)cc(-c2nc3c(c(OC)cc4c(C)nn(Cc5ccccc5)c43)c(=O)[nH]2)cc1C. The lowest BCUT2D eigenvalue weighted by atomic mass is 10.0. The fourth-order valence-corrected chi connectivity index (χ4v) is 4.92. The van der Waals surface area contributed by atoms with Crippen LogP contribution in [0.25, 0.3) is 33.2 Å². The minimum Gasteiger partial charge on any atom is -0.496 e. The first-order valence-corrected chi connectivity index (χ1v) is 12.8. The van der Waals surface area contributed by atoms with Crippen molar-refractivity contribution in [3.05, 3.63) is 81.3 Å². The first-order valence-electron chi connectivity index (χ1n) is 12.8. The maximum absolute atomic E-state index is 13.5. The smallest absolute Gasteiger partial charge is 0.262 e. The highest BCUT2D eigenvalue weighted by Crippen LogP contribution is 2.34. The predicted molar refractivity (Wildman–Crippen MR) is 149 cm³/mol. The van der Waals surface area contributed by atoms with Crippen LogP contribution in [0.1, 0.15) is 29.3 Å². The molecule has 8 nitrogen and oxygen atoms in total. The summed E-state index contributed by atoms with van der Waals surface area (Å²) in [6.45, 7) is 10.1. The number of aromatic nitrogens is 4. The molecule has 0 aliphatic rings. The zero-order valence-electron chi connectivity index (χ0n) is 22.4. The molecule has 0 spiro atoms.